The zero-order chi connectivity index (χ0) is 27.9. The molecule has 2 unspecified atom stereocenters. The molecular weight excluding hydrogens is 656 g/mol. The molecule has 0 aliphatic carbocycles. The summed E-state index contributed by atoms with van der Waals surface area (Å²) in [4.78, 5) is 13.2. The lowest BCUT2D eigenvalue weighted by atomic mass is 9.81. The van der Waals surface area contributed by atoms with Crippen LogP contribution in [0.2, 0.25) is 0 Å². The van der Waals surface area contributed by atoms with Crippen molar-refractivity contribution in [3.8, 4) is 0 Å². The molecule has 1 nitrogen and oxygen atoms in total. The molecule has 0 amide bonds. The van der Waals surface area contributed by atoms with Crippen molar-refractivity contribution in [3.05, 3.63) is 69.8 Å². The van der Waals surface area contributed by atoms with E-state index in [1.54, 1.807) is 0 Å². The minimum Gasteiger partial charge on any atom is -0.298 e. The molecule has 200 valence electrons. The van der Waals surface area contributed by atoms with Crippen LogP contribution in [0.25, 0.3) is 0 Å². The maximum Gasteiger partial charge on any atom is 0.416 e. The maximum atomic E-state index is 13.6. The molecule has 15 heteroatoms. The van der Waals surface area contributed by atoms with Crippen molar-refractivity contribution >= 4 is 37.6 Å². The molecule has 0 fully saturated rings. The standard InChI is InChI=1S/C21H12Br2F12O/c22-7-13(11-5-9(18(24,25)26)1-3-15(11)20(30,31)32)17(36)14(8-23)12-6-10(19(27,28)29)2-4-16(12)21(33,34)35/h1-6,13-14H,7-8H2. The predicted molar refractivity (Wildman–Crippen MR) is 111 cm³/mol. The van der Waals surface area contributed by atoms with E-state index in [0.29, 0.717) is 0 Å². The van der Waals surface area contributed by atoms with Crippen LogP contribution in [-0.2, 0) is 29.5 Å². The van der Waals surface area contributed by atoms with Crippen LogP contribution in [0.1, 0.15) is 45.2 Å². The number of hydrogen-bond donors (Lipinski definition) is 0. The van der Waals surface area contributed by atoms with E-state index in [1.165, 1.54) is 0 Å². The summed E-state index contributed by atoms with van der Waals surface area (Å²) in [5.41, 5.74) is -8.80. The molecule has 0 heterocycles. The van der Waals surface area contributed by atoms with Gasteiger partial charge in [0.15, 0.2) is 0 Å². The van der Waals surface area contributed by atoms with Gasteiger partial charge in [-0.3, -0.25) is 4.79 Å². The fourth-order valence-electron chi connectivity index (χ4n) is 3.44. The smallest absolute Gasteiger partial charge is 0.298 e. The number of Topliss-reactive ketones (excluding diaryl/α,β-unsaturated/α-hetero) is 1. The second kappa shape index (κ2) is 10.5. The molecule has 0 aliphatic rings. The first-order chi connectivity index (χ1) is 16.2. The zero-order valence-electron chi connectivity index (χ0n) is 17.2. The molecule has 0 saturated heterocycles. The summed E-state index contributed by atoms with van der Waals surface area (Å²) in [6.45, 7) is 0. The highest BCUT2D eigenvalue weighted by Gasteiger charge is 2.44. The van der Waals surface area contributed by atoms with Gasteiger partial charge in [0.25, 0.3) is 0 Å². The van der Waals surface area contributed by atoms with Crippen LogP contribution in [0, 0.1) is 0 Å². The highest BCUT2D eigenvalue weighted by molar-refractivity contribution is 9.09. The zero-order valence-corrected chi connectivity index (χ0v) is 20.4. The Hall–Kier alpha value is -1.77. The molecule has 0 bridgehead atoms. The molecule has 0 aromatic heterocycles. The second-order valence-corrected chi connectivity index (χ2v) is 8.71. The minimum atomic E-state index is -5.25. The Morgan fingerprint density at radius 3 is 1.11 bits per heavy atom. The fraction of sp³-hybridized carbons (Fsp3) is 0.381. The van der Waals surface area contributed by atoms with E-state index < -0.39 is 86.4 Å². The number of alkyl halides is 14. The molecule has 0 saturated carbocycles. The van der Waals surface area contributed by atoms with Gasteiger partial charge in [-0.15, -0.1) is 0 Å². The van der Waals surface area contributed by atoms with E-state index in [-0.39, 0.29) is 36.4 Å². The van der Waals surface area contributed by atoms with Crippen LogP contribution in [0.15, 0.2) is 36.4 Å². The van der Waals surface area contributed by atoms with E-state index in [9.17, 15) is 57.5 Å². The van der Waals surface area contributed by atoms with E-state index in [4.69, 9.17) is 0 Å². The monoisotopic (exact) mass is 666 g/mol. The van der Waals surface area contributed by atoms with Crippen LogP contribution in [-0.4, -0.2) is 16.4 Å². The van der Waals surface area contributed by atoms with Gasteiger partial charge in [0.1, 0.15) is 5.78 Å². The molecule has 0 spiro atoms. The highest BCUT2D eigenvalue weighted by Crippen LogP contribution is 2.44. The quantitative estimate of drug-likeness (QED) is 0.222. The van der Waals surface area contributed by atoms with E-state index in [0.717, 1.165) is 0 Å². The van der Waals surface area contributed by atoms with Crippen LogP contribution in [0.3, 0.4) is 0 Å². The maximum absolute atomic E-state index is 13.6. The molecule has 2 rings (SSSR count). The van der Waals surface area contributed by atoms with E-state index >= 15 is 0 Å². The number of rotatable bonds is 6. The molecule has 36 heavy (non-hydrogen) atoms. The Kier molecular flexibility index (Phi) is 8.92. The molecule has 0 aliphatic heterocycles. The van der Waals surface area contributed by atoms with Gasteiger partial charge in [-0.05, 0) is 47.5 Å². The first-order valence-electron chi connectivity index (χ1n) is 9.45. The lowest BCUT2D eigenvalue weighted by molar-refractivity contribution is -0.142. The average Bonchev–Trinajstić information content (AvgIpc) is 2.72. The van der Waals surface area contributed by atoms with Gasteiger partial charge in [0.2, 0.25) is 0 Å². The van der Waals surface area contributed by atoms with Crippen LogP contribution >= 0.6 is 31.9 Å². The largest absolute Gasteiger partial charge is 0.416 e. The summed E-state index contributed by atoms with van der Waals surface area (Å²) in [6, 6.07) is 0.506. The van der Waals surface area contributed by atoms with Crippen molar-refractivity contribution < 1.29 is 57.5 Å². The molecule has 0 radical (unpaired) electrons. The lowest BCUT2D eigenvalue weighted by Crippen LogP contribution is -2.28. The first kappa shape index (κ1) is 30.5. The van der Waals surface area contributed by atoms with Gasteiger partial charge in [-0.2, -0.15) is 52.7 Å². The molecular formula is C21H12Br2F12O. The van der Waals surface area contributed by atoms with Crippen molar-refractivity contribution in [1.29, 1.82) is 0 Å². The van der Waals surface area contributed by atoms with Gasteiger partial charge in [-0.1, -0.05) is 31.9 Å². The molecule has 2 aromatic carbocycles. The van der Waals surface area contributed by atoms with Gasteiger partial charge in [-0.25, -0.2) is 0 Å². The number of halogens is 14. The van der Waals surface area contributed by atoms with Gasteiger partial charge in [0.05, 0.1) is 34.1 Å². The van der Waals surface area contributed by atoms with Crippen molar-refractivity contribution in [3.63, 3.8) is 0 Å². The topological polar surface area (TPSA) is 17.1 Å². The van der Waals surface area contributed by atoms with Crippen molar-refractivity contribution in [1.82, 2.24) is 0 Å². The summed E-state index contributed by atoms with van der Waals surface area (Å²) in [7, 11) is 0. The SMILES string of the molecule is O=C(C(CBr)c1cc(C(F)(F)F)ccc1C(F)(F)F)C(CBr)c1cc(C(F)(F)F)ccc1C(F)(F)F. The normalized spacial score (nSPS) is 15.1. The molecule has 2 aromatic rings. The Balaban J connectivity index is 2.78. The van der Waals surface area contributed by atoms with Crippen molar-refractivity contribution in [2.45, 2.75) is 36.5 Å². The number of ketones is 1. The Bertz CT molecular complexity index is 1010. The predicted octanol–water partition coefficient (Wildman–Crippen LogP) is 8.99. The number of carbonyl (C=O) groups is 1. The molecule has 0 N–H and O–H groups in total. The Morgan fingerprint density at radius 2 is 0.889 bits per heavy atom. The summed E-state index contributed by atoms with van der Waals surface area (Å²) in [6.07, 6.45) is -20.8. The Morgan fingerprint density at radius 1 is 0.583 bits per heavy atom. The molecule has 2 atom stereocenters. The third-order valence-corrected chi connectivity index (χ3v) is 6.41. The third-order valence-electron chi connectivity index (χ3n) is 5.11. The lowest BCUT2D eigenvalue weighted by Gasteiger charge is -2.26. The first-order valence-corrected chi connectivity index (χ1v) is 11.7. The van der Waals surface area contributed by atoms with E-state index in [1.807, 2.05) is 0 Å². The van der Waals surface area contributed by atoms with Crippen molar-refractivity contribution in [2.24, 2.45) is 0 Å². The van der Waals surface area contributed by atoms with E-state index in [2.05, 4.69) is 31.9 Å². The summed E-state index contributed by atoms with van der Waals surface area (Å²) in [5, 5.41) is -1.53. The van der Waals surface area contributed by atoms with Crippen molar-refractivity contribution in [2.75, 3.05) is 10.7 Å². The van der Waals surface area contributed by atoms with Crippen LogP contribution in [0.4, 0.5) is 52.7 Å². The Labute approximate surface area is 212 Å². The summed E-state index contributed by atoms with van der Waals surface area (Å²) in [5.74, 6) is -5.65. The number of hydrogen-bond acceptors (Lipinski definition) is 1. The number of carbonyl (C=O) groups excluding carboxylic acids is 1. The van der Waals surface area contributed by atoms with Crippen LogP contribution in [0.5, 0.6) is 0 Å². The summed E-state index contributed by atoms with van der Waals surface area (Å²) < 4.78 is 160. The minimum absolute atomic E-state index is 0.0503. The number of benzene rings is 2. The average molecular weight is 668 g/mol. The second-order valence-electron chi connectivity index (χ2n) is 7.41. The van der Waals surface area contributed by atoms with Crippen LogP contribution < -0.4 is 0 Å². The highest BCUT2D eigenvalue weighted by atomic mass is 79.9. The fourth-order valence-corrected chi connectivity index (χ4v) is 4.77. The van der Waals surface area contributed by atoms with Gasteiger partial charge in [0, 0.05) is 10.7 Å². The van der Waals surface area contributed by atoms with Gasteiger partial charge >= 0.3 is 24.7 Å². The third kappa shape index (κ3) is 6.75. The summed E-state index contributed by atoms with van der Waals surface area (Å²) >= 11 is 5.43. The van der Waals surface area contributed by atoms with Gasteiger partial charge < -0.3 is 0 Å².